The molecular weight excluding hydrogens is 495 g/mol. The van der Waals surface area contributed by atoms with Crippen LogP contribution in [0, 0.1) is 0 Å². The van der Waals surface area contributed by atoms with E-state index in [0.717, 1.165) is 16.7 Å². The predicted molar refractivity (Wildman–Crippen MR) is 135 cm³/mol. The minimum Gasteiger partial charge on any atom is -0.386 e. The van der Waals surface area contributed by atoms with Gasteiger partial charge in [-0.1, -0.05) is 71.2 Å². The zero-order chi connectivity index (χ0) is 23.8. The van der Waals surface area contributed by atoms with Gasteiger partial charge in [-0.15, -0.1) is 5.10 Å². The summed E-state index contributed by atoms with van der Waals surface area (Å²) in [6.07, 6.45) is 0.679. The summed E-state index contributed by atoms with van der Waals surface area (Å²) in [4.78, 5) is 13.1. The number of hydrogen-bond donors (Lipinski definition) is 1. The molecule has 3 aromatic carbocycles. The van der Waals surface area contributed by atoms with Gasteiger partial charge in [0.1, 0.15) is 0 Å². The largest absolute Gasteiger partial charge is 0.386 e. The van der Waals surface area contributed by atoms with Crippen LogP contribution in [0.5, 0.6) is 0 Å². The van der Waals surface area contributed by atoms with Crippen LogP contribution in [0.4, 0.5) is 0 Å². The summed E-state index contributed by atoms with van der Waals surface area (Å²) < 4.78 is 2.45. The van der Waals surface area contributed by atoms with Crippen molar-refractivity contribution < 1.29 is 5.11 Å². The summed E-state index contributed by atoms with van der Waals surface area (Å²) in [5.74, 6) is 0. The van der Waals surface area contributed by atoms with E-state index in [1.807, 2.05) is 24.3 Å². The lowest BCUT2D eigenvalue weighted by Gasteiger charge is -2.11. The van der Waals surface area contributed by atoms with Crippen LogP contribution in [0.25, 0.3) is 27.9 Å². The van der Waals surface area contributed by atoms with Crippen molar-refractivity contribution in [3.05, 3.63) is 110 Å². The third kappa shape index (κ3) is 4.33. The second-order valence-electron chi connectivity index (χ2n) is 7.71. The van der Waals surface area contributed by atoms with Crippen LogP contribution in [0.3, 0.4) is 0 Å². The van der Waals surface area contributed by atoms with Gasteiger partial charge in [-0.25, -0.2) is 9.48 Å². The minimum atomic E-state index is -0.949. The maximum absolute atomic E-state index is 13.1. The first-order chi connectivity index (χ1) is 16.4. The summed E-state index contributed by atoms with van der Waals surface area (Å²) >= 11 is 18.1. The summed E-state index contributed by atoms with van der Waals surface area (Å²) in [6, 6.07) is 21.4. The van der Waals surface area contributed by atoms with E-state index in [0.29, 0.717) is 31.8 Å². The lowest BCUT2D eigenvalue weighted by molar-refractivity contribution is 0.150. The van der Waals surface area contributed by atoms with E-state index in [1.165, 1.54) is 9.20 Å². The molecule has 0 aliphatic rings. The Hall–Kier alpha value is -3.16. The molecule has 0 radical (unpaired) electrons. The van der Waals surface area contributed by atoms with Crippen LogP contribution in [0.2, 0.25) is 15.1 Å². The number of aliphatic hydroxyl groups is 1. The van der Waals surface area contributed by atoms with E-state index in [9.17, 15) is 9.90 Å². The first-order valence-corrected chi connectivity index (χ1v) is 11.5. The predicted octanol–water partition coefficient (Wildman–Crippen LogP) is 5.92. The van der Waals surface area contributed by atoms with E-state index >= 15 is 0 Å². The van der Waals surface area contributed by atoms with E-state index in [2.05, 4.69) is 10.2 Å². The fourth-order valence-electron chi connectivity index (χ4n) is 3.78. The van der Waals surface area contributed by atoms with E-state index in [-0.39, 0.29) is 6.54 Å². The first kappa shape index (κ1) is 22.6. The second-order valence-corrected chi connectivity index (χ2v) is 9.02. The van der Waals surface area contributed by atoms with Crippen molar-refractivity contribution in [1.82, 2.24) is 19.4 Å². The Morgan fingerprint density at radius 2 is 1.32 bits per heavy atom. The number of aromatic nitrogens is 4. The highest BCUT2D eigenvalue weighted by Gasteiger charge is 2.20. The Labute approximate surface area is 209 Å². The molecule has 2 aromatic heterocycles. The highest BCUT2D eigenvalue weighted by molar-refractivity contribution is 6.31. The Balaban J connectivity index is 1.67. The van der Waals surface area contributed by atoms with Crippen LogP contribution in [0.1, 0.15) is 11.7 Å². The summed E-state index contributed by atoms with van der Waals surface area (Å²) in [5, 5.41) is 21.4. The standard InChI is InChI=1S/C25H17Cl3N4O2/c26-18-7-1-15(2-8-18)21-13-29-32-24(23(21)17-5-11-20(28)12-6-17)30-31(25(32)34)14-22(33)16-3-9-19(27)10-4-16/h1-13,22,33H,14H2. The van der Waals surface area contributed by atoms with Gasteiger partial charge in [-0.3, -0.25) is 0 Å². The smallest absolute Gasteiger partial charge is 0.367 e. The Morgan fingerprint density at radius 1 is 0.794 bits per heavy atom. The molecule has 0 spiro atoms. The quantitative estimate of drug-likeness (QED) is 0.318. The van der Waals surface area contributed by atoms with Crippen LogP contribution >= 0.6 is 34.8 Å². The second kappa shape index (κ2) is 9.24. The molecule has 5 aromatic rings. The number of benzene rings is 3. The van der Waals surface area contributed by atoms with E-state index < -0.39 is 11.8 Å². The normalized spacial score (nSPS) is 12.2. The maximum atomic E-state index is 13.1. The van der Waals surface area contributed by atoms with Crippen molar-refractivity contribution in [3.63, 3.8) is 0 Å². The highest BCUT2D eigenvalue weighted by Crippen LogP contribution is 2.35. The Bertz CT molecular complexity index is 1530. The number of halogens is 3. The van der Waals surface area contributed by atoms with Gasteiger partial charge in [0.2, 0.25) is 0 Å². The molecule has 0 saturated carbocycles. The lowest BCUT2D eigenvalue weighted by Crippen LogP contribution is -2.25. The van der Waals surface area contributed by atoms with Crippen molar-refractivity contribution in [2.75, 3.05) is 0 Å². The molecule has 2 heterocycles. The van der Waals surface area contributed by atoms with Crippen LogP contribution < -0.4 is 5.69 Å². The van der Waals surface area contributed by atoms with Gasteiger partial charge in [0.25, 0.3) is 0 Å². The molecule has 1 atom stereocenters. The van der Waals surface area contributed by atoms with Crippen LogP contribution in [-0.2, 0) is 6.54 Å². The molecule has 5 rings (SSSR count). The zero-order valence-corrected chi connectivity index (χ0v) is 19.8. The molecule has 0 aliphatic carbocycles. The highest BCUT2D eigenvalue weighted by atomic mass is 35.5. The zero-order valence-electron chi connectivity index (χ0n) is 17.6. The fourth-order valence-corrected chi connectivity index (χ4v) is 4.16. The van der Waals surface area contributed by atoms with Crippen molar-refractivity contribution in [3.8, 4) is 22.3 Å². The molecule has 0 amide bonds. The number of hydrogen-bond acceptors (Lipinski definition) is 4. The summed E-state index contributed by atoms with van der Waals surface area (Å²) in [6.45, 7) is -0.0415. The molecule has 0 aliphatic heterocycles. The molecule has 1 N–H and O–H groups in total. The van der Waals surface area contributed by atoms with Crippen molar-refractivity contribution in [2.45, 2.75) is 12.6 Å². The van der Waals surface area contributed by atoms with Gasteiger partial charge >= 0.3 is 5.69 Å². The average Bonchev–Trinajstić information content (AvgIpc) is 3.15. The van der Waals surface area contributed by atoms with Gasteiger partial charge in [0.05, 0.1) is 18.8 Å². The molecule has 0 fully saturated rings. The molecule has 170 valence electrons. The molecule has 9 heteroatoms. The third-order valence-electron chi connectivity index (χ3n) is 5.50. The SMILES string of the molecule is O=c1n(CC(O)c2ccc(Cl)cc2)nc2c(-c3ccc(Cl)cc3)c(-c3ccc(Cl)cc3)cnn12. The molecule has 34 heavy (non-hydrogen) atoms. The van der Waals surface area contributed by atoms with Gasteiger partial charge in [-0.05, 0) is 53.1 Å². The molecular formula is C25H17Cl3N4O2. The monoisotopic (exact) mass is 510 g/mol. The van der Waals surface area contributed by atoms with Gasteiger partial charge in [-0.2, -0.15) is 9.61 Å². The Kier molecular flexibility index (Phi) is 6.15. The third-order valence-corrected chi connectivity index (χ3v) is 6.26. The minimum absolute atomic E-state index is 0.0415. The molecule has 6 nitrogen and oxygen atoms in total. The van der Waals surface area contributed by atoms with E-state index in [4.69, 9.17) is 34.8 Å². The van der Waals surface area contributed by atoms with Gasteiger partial charge in [0.15, 0.2) is 5.65 Å². The van der Waals surface area contributed by atoms with Crippen molar-refractivity contribution in [1.29, 1.82) is 0 Å². The Morgan fingerprint density at radius 3 is 1.91 bits per heavy atom. The van der Waals surface area contributed by atoms with Crippen molar-refractivity contribution >= 4 is 40.4 Å². The molecule has 1 unspecified atom stereocenters. The summed E-state index contributed by atoms with van der Waals surface area (Å²) in [5.41, 5.74) is 3.71. The fraction of sp³-hybridized carbons (Fsp3) is 0.0800. The van der Waals surface area contributed by atoms with Gasteiger partial charge < -0.3 is 5.11 Å². The van der Waals surface area contributed by atoms with E-state index in [1.54, 1.807) is 54.7 Å². The van der Waals surface area contributed by atoms with Crippen molar-refractivity contribution in [2.24, 2.45) is 0 Å². The van der Waals surface area contributed by atoms with Crippen LogP contribution in [-0.4, -0.2) is 24.5 Å². The number of nitrogens with zero attached hydrogens (tertiary/aromatic N) is 4. The summed E-state index contributed by atoms with van der Waals surface area (Å²) in [7, 11) is 0. The molecule has 0 bridgehead atoms. The number of aliphatic hydroxyl groups excluding tert-OH is 1. The maximum Gasteiger partial charge on any atom is 0.367 e. The van der Waals surface area contributed by atoms with Crippen LogP contribution in [0.15, 0.2) is 83.8 Å². The van der Waals surface area contributed by atoms with Gasteiger partial charge in [0, 0.05) is 26.2 Å². The number of rotatable bonds is 5. The topological polar surface area (TPSA) is 72.4 Å². The number of fused-ring (bicyclic) bond motifs is 1. The average molecular weight is 512 g/mol. The first-order valence-electron chi connectivity index (χ1n) is 10.3. The lowest BCUT2D eigenvalue weighted by atomic mass is 9.97. The molecule has 0 saturated heterocycles.